The molecule has 754 valence electrons. The predicted molar refractivity (Wildman–Crippen MR) is 576 cm³/mol. The first-order valence-electron chi connectivity index (χ1n) is 48.6. The SMILES string of the molecule is CC(=O)c1c(C)c2ccc(N3CCOCC3)cc2oc1=O.CCCCCCCCN(CCCCCCCC)c1ccc2cc(C(=O)OC)c(=O)oc2c1.CCCNc1c(Cl)c(Cl)c2cc(C(=O)OCC)c(=O)oc2c1Cl.CCOC(=O)c1cc2ccc(Nc3ccccc3)cc2oc1=O.CN(C)c1ccc2ccc(=O)oc2c1.O=C(c1ccccc1)c1cc2ccc(C(c3ccccc3)c3ccccc3)cc2oc1=O. The van der Waals surface area contributed by atoms with Gasteiger partial charge in [-0.25, -0.2) is 43.2 Å². The number of nitrogens with zero attached hydrogens (tertiary/aromatic N) is 3. The first-order chi connectivity index (χ1) is 70.1. The Kier molecular flexibility index (Phi) is 40.5. The summed E-state index contributed by atoms with van der Waals surface area (Å²) < 4.78 is 51.6. The van der Waals surface area contributed by atoms with Crippen LogP contribution in [-0.4, -0.2) is 110 Å². The molecule has 6 aromatic heterocycles. The lowest BCUT2D eigenvalue weighted by molar-refractivity contribution is 0.0512. The molecule has 7 heterocycles. The van der Waals surface area contributed by atoms with Gasteiger partial charge in [0.05, 0.1) is 49.3 Å². The maximum atomic E-state index is 12.8. The van der Waals surface area contributed by atoms with Crippen molar-refractivity contribution in [2.45, 2.75) is 138 Å². The molecule has 0 atom stereocenters. The molecular weight excluding hydrogens is 1910 g/mol. The number of para-hydroxylation sites is 1. The average molecular weight is 2020 g/mol. The van der Waals surface area contributed by atoms with Crippen LogP contribution in [0.5, 0.6) is 0 Å². The highest BCUT2D eigenvalue weighted by atomic mass is 35.5. The number of ketones is 2. The summed E-state index contributed by atoms with van der Waals surface area (Å²) in [7, 11) is 5.15. The van der Waals surface area contributed by atoms with Crippen molar-refractivity contribution in [3.8, 4) is 0 Å². The van der Waals surface area contributed by atoms with Gasteiger partial charge >= 0.3 is 51.7 Å². The minimum Gasteiger partial charge on any atom is -0.465 e. The number of ether oxygens (including phenoxy) is 4. The largest absolute Gasteiger partial charge is 0.465 e. The fraction of sp³-hybridized carbons (Fsp3) is 0.284. The van der Waals surface area contributed by atoms with Gasteiger partial charge in [0.15, 0.2) is 17.1 Å². The number of morpholine rings is 1. The summed E-state index contributed by atoms with van der Waals surface area (Å²) in [5.41, 5.74) is 8.32. The van der Waals surface area contributed by atoms with Crippen LogP contribution in [0, 0.1) is 6.92 Å². The van der Waals surface area contributed by atoms with Crippen LogP contribution in [0.25, 0.3) is 65.8 Å². The van der Waals surface area contributed by atoms with Gasteiger partial charge in [0.1, 0.15) is 60.8 Å². The third kappa shape index (κ3) is 29.2. The number of fused-ring (bicyclic) bond motifs is 6. The van der Waals surface area contributed by atoms with Crippen molar-refractivity contribution in [2.75, 3.05) is 106 Å². The molecule has 16 aromatic rings. The minimum absolute atomic E-state index is 0.00210. The van der Waals surface area contributed by atoms with Gasteiger partial charge in [-0.05, 0) is 166 Å². The Balaban J connectivity index is 0.000000157. The normalized spacial score (nSPS) is 11.5. The Morgan fingerprint density at radius 3 is 1.48 bits per heavy atom. The van der Waals surface area contributed by atoms with Crippen molar-refractivity contribution in [2.24, 2.45) is 0 Å². The minimum atomic E-state index is -0.849. The first kappa shape index (κ1) is 109. The molecule has 17 rings (SSSR count). The summed E-state index contributed by atoms with van der Waals surface area (Å²) in [4.78, 5) is 138. The number of hydrogen-bond donors (Lipinski definition) is 2. The Hall–Kier alpha value is -15.0. The number of Topliss-reactive ketones (excluding diaryl/α,β-unsaturated/α-hetero) is 1. The van der Waals surface area contributed by atoms with E-state index in [1.165, 1.54) is 109 Å². The molecule has 10 aromatic carbocycles. The number of esters is 3. The van der Waals surface area contributed by atoms with E-state index >= 15 is 0 Å². The molecule has 1 aliphatic heterocycles. The molecule has 145 heavy (non-hydrogen) atoms. The topological polar surface area (TPSA) is 337 Å². The number of hydrogen-bond acceptors (Lipinski definition) is 26. The summed E-state index contributed by atoms with van der Waals surface area (Å²) in [6.07, 6.45) is 16.1. The Labute approximate surface area is 853 Å². The molecule has 0 radical (unpaired) electrons. The van der Waals surface area contributed by atoms with Gasteiger partial charge in [0, 0.05) is 149 Å². The van der Waals surface area contributed by atoms with E-state index in [0.717, 1.165) is 93.9 Å². The van der Waals surface area contributed by atoms with Crippen LogP contribution in [0.15, 0.2) is 304 Å². The monoisotopic (exact) mass is 2020 g/mol. The number of rotatable bonds is 33. The number of unbranched alkanes of at least 4 members (excludes halogenated alkanes) is 10. The van der Waals surface area contributed by atoms with E-state index in [9.17, 15) is 52.7 Å². The standard InChI is InChI=1S/C29H20O3.C27H41NO4.C18H15NO4.C16H17NO4.C15H14Cl3NO4.C11H11NO2/c30-28(22-14-8-3-9-15-22)25-18-23-16-17-24(19-26(23)32-29(25)31)27(20-10-4-1-5-11-20)21-12-6-2-7-13-21;1-4-6-8-10-12-14-18-28(19-15-13-11-9-7-5-2)23-17-16-22-20-24(26(29)31-3)27(30)32-25(22)21-23;1-2-22-17(20)15-10-12-8-9-14(11-16(12)23-18(15)21)19-13-6-4-3-5-7-13;1-10-13-4-3-12(17-5-7-20-8-6-17)9-14(13)21-16(19)15(10)11(2)18;1-3-5-19-12-10(17)9(16)7-6-8(14(20)22-4-2)15(21)23-13(7)11(12)18;1-12(2)9-5-3-8-4-6-11(13)14-10(8)7-9/h1-19,27H;16-17,20-21H,4-15,18-19H2,1-3H3;3-11,19H,2H2,1H3;3-4,9H,5-8H2,1-2H3;6,19H,3-5H2,1-2H3;3-7H,1-2H3. The fourth-order valence-corrected chi connectivity index (χ4v) is 17.3. The highest BCUT2D eigenvalue weighted by Crippen LogP contribution is 2.44. The zero-order chi connectivity index (χ0) is 104. The van der Waals surface area contributed by atoms with Crippen molar-refractivity contribution in [3.05, 3.63) is 382 Å². The lowest BCUT2D eigenvalue weighted by Gasteiger charge is -2.28. The second kappa shape index (κ2) is 53.9. The number of aryl methyl sites for hydroxylation is 1. The number of anilines is 6. The molecule has 0 unspecified atom stereocenters. The van der Waals surface area contributed by atoms with E-state index in [-0.39, 0.29) is 90.2 Å². The molecule has 26 nitrogen and oxygen atoms in total. The Morgan fingerprint density at radius 2 is 0.903 bits per heavy atom. The highest BCUT2D eigenvalue weighted by molar-refractivity contribution is 6.50. The third-order valence-corrected chi connectivity index (χ3v) is 25.3. The first-order valence-corrected chi connectivity index (χ1v) is 49.7. The van der Waals surface area contributed by atoms with Gasteiger partial charge < -0.3 is 70.8 Å². The maximum absolute atomic E-state index is 12.8. The molecule has 0 spiro atoms. The molecule has 2 N–H and O–H groups in total. The van der Waals surface area contributed by atoms with Gasteiger partial charge in [-0.2, -0.15) is 0 Å². The van der Waals surface area contributed by atoms with Crippen LogP contribution in [0.3, 0.4) is 0 Å². The number of nitrogens with one attached hydrogen (secondary N) is 2. The Morgan fingerprint density at radius 1 is 0.421 bits per heavy atom. The summed E-state index contributed by atoms with van der Waals surface area (Å²) in [6.45, 7) is 19.0. The van der Waals surface area contributed by atoms with Gasteiger partial charge in [-0.15, -0.1) is 0 Å². The zero-order valence-electron chi connectivity index (χ0n) is 82.9. The molecule has 1 aliphatic rings. The highest BCUT2D eigenvalue weighted by Gasteiger charge is 2.27. The number of benzene rings is 10. The number of methoxy groups -OCH3 is 1. The molecule has 0 aliphatic carbocycles. The number of carbonyl (C=O) groups is 5. The van der Waals surface area contributed by atoms with Crippen molar-refractivity contribution in [3.63, 3.8) is 0 Å². The second-order valence-corrected chi connectivity index (χ2v) is 35.7. The van der Waals surface area contributed by atoms with E-state index < -0.39 is 46.0 Å². The smallest absolute Gasteiger partial charge is 0.351 e. The van der Waals surface area contributed by atoms with Crippen LogP contribution in [-0.2, 0) is 18.9 Å². The van der Waals surface area contributed by atoms with Crippen LogP contribution in [0.2, 0.25) is 15.1 Å². The van der Waals surface area contributed by atoms with Crippen LogP contribution >= 0.6 is 34.8 Å². The second-order valence-electron chi connectivity index (χ2n) is 34.5. The molecule has 1 fully saturated rings. The zero-order valence-corrected chi connectivity index (χ0v) is 85.1. The van der Waals surface area contributed by atoms with E-state index in [0.29, 0.717) is 75.3 Å². The summed E-state index contributed by atoms with van der Waals surface area (Å²) in [5.74, 6) is -2.73. The van der Waals surface area contributed by atoms with Crippen molar-refractivity contribution in [1.82, 2.24) is 0 Å². The van der Waals surface area contributed by atoms with Gasteiger partial charge in [-0.3, -0.25) is 9.59 Å². The maximum Gasteiger partial charge on any atom is 0.351 e. The predicted octanol–water partition coefficient (Wildman–Crippen LogP) is 25.8. The van der Waals surface area contributed by atoms with Crippen LogP contribution < -0.4 is 59.1 Å². The fourth-order valence-electron chi connectivity index (χ4n) is 16.5. The average Bonchev–Trinajstić information content (AvgIpc) is 0.763. The van der Waals surface area contributed by atoms with Crippen molar-refractivity contribution in [1.29, 1.82) is 0 Å². The molecule has 0 saturated carbocycles. The van der Waals surface area contributed by atoms with Crippen molar-refractivity contribution >= 4 is 164 Å². The van der Waals surface area contributed by atoms with Gasteiger partial charge in [0.25, 0.3) is 0 Å². The van der Waals surface area contributed by atoms with Crippen LogP contribution in [0.1, 0.15) is 211 Å². The lowest BCUT2D eigenvalue weighted by Crippen LogP contribution is -2.36. The molecule has 1 saturated heterocycles. The number of halogens is 3. The van der Waals surface area contributed by atoms with Gasteiger partial charge in [-0.1, -0.05) is 241 Å². The van der Waals surface area contributed by atoms with Gasteiger partial charge in [0.2, 0.25) is 0 Å². The molecule has 0 bridgehead atoms. The van der Waals surface area contributed by atoms with E-state index in [1.54, 1.807) is 75.4 Å². The van der Waals surface area contributed by atoms with E-state index in [4.69, 9.17) is 75.5 Å². The number of carbonyl (C=O) groups excluding carboxylic acids is 5. The summed E-state index contributed by atoms with van der Waals surface area (Å²) >= 11 is 18.7. The lowest BCUT2D eigenvalue weighted by atomic mass is 9.85. The quantitative estimate of drug-likeness (QED) is 0.00734. The molecule has 29 heteroatoms. The Bertz CT molecular complexity index is 7510. The third-order valence-electron chi connectivity index (χ3n) is 24.1. The molecular formula is C116H118Cl3N5O21. The summed E-state index contributed by atoms with van der Waals surface area (Å²) in [6, 6.07) is 76.7. The van der Waals surface area contributed by atoms with Crippen LogP contribution in [0.4, 0.5) is 34.1 Å². The summed E-state index contributed by atoms with van der Waals surface area (Å²) in [5, 5.41) is 10.8. The van der Waals surface area contributed by atoms with E-state index in [2.05, 4.69) is 69.3 Å². The van der Waals surface area contributed by atoms with E-state index in [1.807, 2.05) is 172 Å². The molecule has 0 amide bonds. The van der Waals surface area contributed by atoms with Crippen molar-refractivity contribution < 1.29 is 69.4 Å².